The van der Waals surface area contributed by atoms with E-state index in [4.69, 9.17) is 9.47 Å². The summed E-state index contributed by atoms with van der Waals surface area (Å²) in [5, 5.41) is 3.43. The van der Waals surface area contributed by atoms with E-state index >= 15 is 0 Å². The SMILES string of the molecule is COCCC(C)(C)CNCCOCC(C)C. The topological polar surface area (TPSA) is 30.5 Å². The van der Waals surface area contributed by atoms with Crippen LogP contribution in [-0.2, 0) is 9.47 Å². The van der Waals surface area contributed by atoms with Crippen LogP contribution in [0.2, 0.25) is 0 Å². The molecule has 0 fully saturated rings. The third-order valence-electron chi connectivity index (χ3n) is 2.46. The number of nitrogens with one attached hydrogen (secondary N) is 1. The Balaban J connectivity index is 3.35. The van der Waals surface area contributed by atoms with Crippen LogP contribution in [0.4, 0.5) is 0 Å². The van der Waals surface area contributed by atoms with Crippen LogP contribution in [0.3, 0.4) is 0 Å². The van der Waals surface area contributed by atoms with E-state index in [0.29, 0.717) is 11.3 Å². The molecule has 0 atom stereocenters. The van der Waals surface area contributed by atoms with Gasteiger partial charge in [0.25, 0.3) is 0 Å². The first-order valence-corrected chi connectivity index (χ1v) is 6.25. The Hall–Kier alpha value is -0.120. The maximum atomic E-state index is 5.50. The van der Waals surface area contributed by atoms with Gasteiger partial charge in [0.1, 0.15) is 0 Å². The second-order valence-corrected chi connectivity index (χ2v) is 5.55. The van der Waals surface area contributed by atoms with E-state index in [1.165, 1.54) is 0 Å². The van der Waals surface area contributed by atoms with Crippen LogP contribution in [0.15, 0.2) is 0 Å². The van der Waals surface area contributed by atoms with Crippen molar-refractivity contribution in [3.63, 3.8) is 0 Å². The molecule has 16 heavy (non-hydrogen) atoms. The average molecular weight is 231 g/mol. The molecule has 0 spiro atoms. The number of ether oxygens (including phenoxy) is 2. The second kappa shape index (κ2) is 8.97. The van der Waals surface area contributed by atoms with E-state index < -0.39 is 0 Å². The monoisotopic (exact) mass is 231 g/mol. The van der Waals surface area contributed by atoms with Gasteiger partial charge in [-0.3, -0.25) is 0 Å². The van der Waals surface area contributed by atoms with E-state index in [0.717, 1.165) is 39.3 Å². The van der Waals surface area contributed by atoms with Crippen LogP contribution in [0.5, 0.6) is 0 Å². The van der Waals surface area contributed by atoms with Crippen molar-refractivity contribution in [2.24, 2.45) is 11.3 Å². The summed E-state index contributed by atoms with van der Waals surface area (Å²) < 4.78 is 10.6. The number of rotatable bonds is 10. The van der Waals surface area contributed by atoms with Gasteiger partial charge in [0.05, 0.1) is 6.61 Å². The predicted octanol–water partition coefficient (Wildman–Crippen LogP) is 2.31. The first kappa shape index (κ1) is 15.9. The van der Waals surface area contributed by atoms with Crippen LogP contribution in [0.1, 0.15) is 34.1 Å². The molecular weight excluding hydrogens is 202 g/mol. The third kappa shape index (κ3) is 10.4. The highest BCUT2D eigenvalue weighted by molar-refractivity contribution is 4.71. The van der Waals surface area contributed by atoms with Crippen LogP contribution < -0.4 is 5.32 Å². The molecular formula is C13H29NO2. The third-order valence-corrected chi connectivity index (χ3v) is 2.46. The average Bonchev–Trinajstić information content (AvgIpc) is 2.20. The Kier molecular flexibility index (Phi) is 8.90. The zero-order valence-electron chi connectivity index (χ0n) is 11.6. The lowest BCUT2D eigenvalue weighted by atomic mass is 9.90. The number of hydrogen-bond donors (Lipinski definition) is 1. The molecule has 0 aliphatic heterocycles. The fourth-order valence-electron chi connectivity index (χ4n) is 1.36. The normalized spacial score (nSPS) is 12.4. The van der Waals surface area contributed by atoms with Crippen LogP contribution in [0.25, 0.3) is 0 Å². The summed E-state index contributed by atoms with van der Waals surface area (Å²) in [4.78, 5) is 0. The van der Waals surface area contributed by atoms with Crippen molar-refractivity contribution >= 4 is 0 Å². The van der Waals surface area contributed by atoms with Gasteiger partial charge in [-0.15, -0.1) is 0 Å². The highest BCUT2D eigenvalue weighted by atomic mass is 16.5. The van der Waals surface area contributed by atoms with Crippen molar-refractivity contribution in [3.8, 4) is 0 Å². The minimum atomic E-state index is 0.300. The minimum Gasteiger partial charge on any atom is -0.385 e. The Morgan fingerprint density at radius 1 is 1.19 bits per heavy atom. The van der Waals surface area contributed by atoms with Crippen LogP contribution in [0, 0.1) is 11.3 Å². The highest BCUT2D eigenvalue weighted by Gasteiger charge is 2.16. The second-order valence-electron chi connectivity index (χ2n) is 5.55. The summed E-state index contributed by atoms with van der Waals surface area (Å²) in [6.07, 6.45) is 1.09. The Bertz CT molecular complexity index is 158. The molecule has 0 amide bonds. The summed E-state index contributed by atoms with van der Waals surface area (Å²) in [5.41, 5.74) is 0.300. The molecule has 3 heteroatoms. The van der Waals surface area contributed by atoms with Crippen molar-refractivity contribution in [1.29, 1.82) is 0 Å². The number of hydrogen-bond acceptors (Lipinski definition) is 3. The maximum absolute atomic E-state index is 5.50. The van der Waals surface area contributed by atoms with Crippen LogP contribution >= 0.6 is 0 Å². The van der Waals surface area contributed by atoms with Gasteiger partial charge in [0.15, 0.2) is 0 Å². The lowest BCUT2D eigenvalue weighted by Gasteiger charge is -2.24. The largest absolute Gasteiger partial charge is 0.385 e. The van der Waals surface area contributed by atoms with Gasteiger partial charge in [-0.2, -0.15) is 0 Å². The predicted molar refractivity (Wildman–Crippen MR) is 68.8 cm³/mol. The summed E-state index contributed by atoms with van der Waals surface area (Å²) in [6.45, 7) is 13.3. The Labute approximate surface area is 101 Å². The zero-order chi connectivity index (χ0) is 12.4. The van der Waals surface area contributed by atoms with Gasteiger partial charge in [0, 0.05) is 33.4 Å². The lowest BCUT2D eigenvalue weighted by molar-refractivity contribution is 0.107. The van der Waals surface area contributed by atoms with Gasteiger partial charge in [-0.25, -0.2) is 0 Å². The molecule has 0 saturated heterocycles. The van der Waals surface area contributed by atoms with Gasteiger partial charge < -0.3 is 14.8 Å². The summed E-state index contributed by atoms with van der Waals surface area (Å²) in [7, 11) is 1.75. The standard InChI is InChI=1S/C13H29NO2/c1-12(2)10-16-9-7-14-11-13(3,4)6-8-15-5/h12,14H,6-11H2,1-5H3. The van der Waals surface area contributed by atoms with E-state index in [1.807, 2.05) is 0 Å². The van der Waals surface area contributed by atoms with Crippen molar-refractivity contribution in [2.75, 3.05) is 40.0 Å². The summed E-state index contributed by atoms with van der Waals surface area (Å²) in [6, 6.07) is 0. The first-order chi connectivity index (χ1) is 7.48. The fourth-order valence-corrected chi connectivity index (χ4v) is 1.36. The Morgan fingerprint density at radius 2 is 1.88 bits per heavy atom. The molecule has 0 rings (SSSR count). The lowest BCUT2D eigenvalue weighted by Crippen LogP contribution is -2.32. The molecule has 0 aromatic carbocycles. The maximum Gasteiger partial charge on any atom is 0.0591 e. The highest BCUT2D eigenvalue weighted by Crippen LogP contribution is 2.18. The Morgan fingerprint density at radius 3 is 2.44 bits per heavy atom. The van der Waals surface area contributed by atoms with Crippen LogP contribution in [-0.4, -0.2) is 40.0 Å². The van der Waals surface area contributed by atoms with Gasteiger partial charge in [-0.1, -0.05) is 27.7 Å². The summed E-state index contributed by atoms with van der Waals surface area (Å²) >= 11 is 0. The molecule has 0 unspecified atom stereocenters. The van der Waals surface area contributed by atoms with Crippen molar-refractivity contribution in [1.82, 2.24) is 5.32 Å². The quantitative estimate of drug-likeness (QED) is 0.585. The number of methoxy groups -OCH3 is 1. The van der Waals surface area contributed by atoms with Crippen molar-refractivity contribution < 1.29 is 9.47 Å². The molecule has 0 aliphatic carbocycles. The van der Waals surface area contributed by atoms with Gasteiger partial charge >= 0.3 is 0 Å². The van der Waals surface area contributed by atoms with E-state index in [2.05, 4.69) is 33.0 Å². The smallest absolute Gasteiger partial charge is 0.0591 e. The van der Waals surface area contributed by atoms with Crippen molar-refractivity contribution in [2.45, 2.75) is 34.1 Å². The molecule has 98 valence electrons. The first-order valence-electron chi connectivity index (χ1n) is 6.25. The van der Waals surface area contributed by atoms with E-state index in [-0.39, 0.29) is 0 Å². The van der Waals surface area contributed by atoms with Gasteiger partial charge in [-0.05, 0) is 17.8 Å². The van der Waals surface area contributed by atoms with E-state index in [1.54, 1.807) is 7.11 Å². The molecule has 0 radical (unpaired) electrons. The molecule has 0 bridgehead atoms. The molecule has 0 saturated carbocycles. The fraction of sp³-hybridized carbons (Fsp3) is 1.00. The molecule has 3 nitrogen and oxygen atoms in total. The molecule has 0 aromatic heterocycles. The molecule has 0 aliphatic rings. The molecule has 1 N–H and O–H groups in total. The van der Waals surface area contributed by atoms with E-state index in [9.17, 15) is 0 Å². The molecule has 0 heterocycles. The molecule has 0 aromatic rings. The summed E-state index contributed by atoms with van der Waals surface area (Å²) in [5.74, 6) is 0.623. The minimum absolute atomic E-state index is 0.300. The van der Waals surface area contributed by atoms with Crippen molar-refractivity contribution in [3.05, 3.63) is 0 Å². The zero-order valence-corrected chi connectivity index (χ0v) is 11.6. The van der Waals surface area contributed by atoms with Gasteiger partial charge in [0.2, 0.25) is 0 Å².